The molecule has 1 N–H and O–H groups in total. The van der Waals surface area contributed by atoms with Crippen LogP contribution in [-0.2, 0) is 0 Å². The molecule has 0 radical (unpaired) electrons. The first-order valence-corrected chi connectivity index (χ1v) is 6.79. The molecular formula is C17H19F2NO. The fourth-order valence-corrected chi connectivity index (χ4v) is 2.23. The molecule has 0 heterocycles. The summed E-state index contributed by atoms with van der Waals surface area (Å²) in [5.41, 5.74) is 2.47. The average Bonchev–Trinajstić information content (AvgIpc) is 2.44. The summed E-state index contributed by atoms with van der Waals surface area (Å²) in [6, 6.07) is 7.72. The van der Waals surface area contributed by atoms with Gasteiger partial charge in [-0.05, 0) is 62.2 Å². The molecule has 2 rings (SSSR count). The number of ether oxygens (including phenoxy) is 1. The Morgan fingerprint density at radius 1 is 1.00 bits per heavy atom. The summed E-state index contributed by atoms with van der Waals surface area (Å²) in [7, 11) is 1.61. The zero-order chi connectivity index (χ0) is 15.6. The average molecular weight is 291 g/mol. The summed E-state index contributed by atoms with van der Waals surface area (Å²) >= 11 is 0. The SMILES string of the molecule is COc1ccc(NC(C)c2cc(F)c(C)cc2F)c(C)c1. The number of hydrogen-bond donors (Lipinski definition) is 1. The van der Waals surface area contributed by atoms with Crippen LogP contribution in [0.15, 0.2) is 30.3 Å². The van der Waals surface area contributed by atoms with Gasteiger partial charge in [-0.15, -0.1) is 0 Å². The van der Waals surface area contributed by atoms with Gasteiger partial charge in [0.2, 0.25) is 0 Å². The van der Waals surface area contributed by atoms with E-state index in [4.69, 9.17) is 4.74 Å². The van der Waals surface area contributed by atoms with Crippen molar-refractivity contribution >= 4 is 5.69 Å². The summed E-state index contributed by atoms with van der Waals surface area (Å²) in [4.78, 5) is 0. The standard InChI is InChI=1S/C17H19F2NO/c1-10-8-16(19)14(9-15(10)18)12(3)20-17-6-5-13(21-4)7-11(17)2/h5-9,12,20H,1-4H3. The minimum Gasteiger partial charge on any atom is -0.497 e. The maximum absolute atomic E-state index is 14.0. The topological polar surface area (TPSA) is 21.3 Å². The summed E-state index contributed by atoms with van der Waals surface area (Å²) < 4.78 is 32.8. The molecule has 0 fully saturated rings. The molecule has 2 nitrogen and oxygen atoms in total. The second kappa shape index (κ2) is 6.12. The number of anilines is 1. The molecular weight excluding hydrogens is 272 g/mol. The number of methoxy groups -OCH3 is 1. The van der Waals surface area contributed by atoms with E-state index in [-0.39, 0.29) is 6.04 Å². The molecule has 1 unspecified atom stereocenters. The lowest BCUT2D eigenvalue weighted by atomic mass is 10.0. The molecule has 21 heavy (non-hydrogen) atoms. The molecule has 4 heteroatoms. The fourth-order valence-electron chi connectivity index (χ4n) is 2.23. The number of halogens is 2. The van der Waals surface area contributed by atoms with Gasteiger partial charge in [0.1, 0.15) is 17.4 Å². The van der Waals surface area contributed by atoms with E-state index in [1.54, 1.807) is 21.0 Å². The first-order valence-electron chi connectivity index (χ1n) is 6.79. The maximum atomic E-state index is 14.0. The molecule has 2 aromatic carbocycles. The quantitative estimate of drug-likeness (QED) is 0.876. The van der Waals surface area contributed by atoms with Crippen LogP contribution < -0.4 is 10.1 Å². The zero-order valence-corrected chi connectivity index (χ0v) is 12.6. The third-order valence-electron chi connectivity index (χ3n) is 3.55. The number of nitrogens with one attached hydrogen (secondary N) is 1. The van der Waals surface area contributed by atoms with Crippen LogP contribution in [0, 0.1) is 25.5 Å². The van der Waals surface area contributed by atoms with Crippen LogP contribution >= 0.6 is 0 Å². The van der Waals surface area contributed by atoms with Crippen LogP contribution in [0.25, 0.3) is 0 Å². The van der Waals surface area contributed by atoms with E-state index in [0.29, 0.717) is 11.1 Å². The van der Waals surface area contributed by atoms with E-state index in [9.17, 15) is 8.78 Å². The van der Waals surface area contributed by atoms with E-state index in [2.05, 4.69) is 5.32 Å². The van der Waals surface area contributed by atoms with Gasteiger partial charge < -0.3 is 10.1 Å². The highest BCUT2D eigenvalue weighted by Crippen LogP contribution is 2.27. The van der Waals surface area contributed by atoms with Crippen molar-refractivity contribution in [2.75, 3.05) is 12.4 Å². The van der Waals surface area contributed by atoms with Gasteiger partial charge in [0.25, 0.3) is 0 Å². The van der Waals surface area contributed by atoms with Gasteiger partial charge in [-0.3, -0.25) is 0 Å². The van der Waals surface area contributed by atoms with Crippen LogP contribution in [0.1, 0.15) is 29.7 Å². The number of benzene rings is 2. The van der Waals surface area contributed by atoms with Gasteiger partial charge in [0.05, 0.1) is 13.2 Å². The van der Waals surface area contributed by atoms with Gasteiger partial charge in [0, 0.05) is 11.3 Å². The third-order valence-corrected chi connectivity index (χ3v) is 3.55. The van der Waals surface area contributed by atoms with Crippen molar-refractivity contribution in [1.82, 2.24) is 0 Å². The van der Waals surface area contributed by atoms with E-state index in [0.717, 1.165) is 17.0 Å². The van der Waals surface area contributed by atoms with Crippen LogP contribution in [0.3, 0.4) is 0 Å². The summed E-state index contributed by atoms with van der Waals surface area (Å²) in [5, 5.41) is 3.20. The van der Waals surface area contributed by atoms with Crippen molar-refractivity contribution in [3.05, 3.63) is 58.7 Å². The van der Waals surface area contributed by atoms with Crippen molar-refractivity contribution in [2.24, 2.45) is 0 Å². The van der Waals surface area contributed by atoms with Crippen LogP contribution in [0.5, 0.6) is 5.75 Å². The highest BCUT2D eigenvalue weighted by Gasteiger charge is 2.14. The Morgan fingerprint density at radius 2 is 1.71 bits per heavy atom. The molecule has 112 valence electrons. The number of rotatable bonds is 4. The van der Waals surface area contributed by atoms with Crippen LogP contribution in [0.2, 0.25) is 0 Å². The van der Waals surface area contributed by atoms with Crippen molar-refractivity contribution < 1.29 is 13.5 Å². The van der Waals surface area contributed by atoms with Gasteiger partial charge in [-0.1, -0.05) is 0 Å². The molecule has 0 aliphatic carbocycles. The van der Waals surface area contributed by atoms with Gasteiger partial charge in [-0.2, -0.15) is 0 Å². The lowest BCUT2D eigenvalue weighted by Crippen LogP contribution is -2.10. The molecule has 0 aliphatic rings. The normalized spacial score (nSPS) is 12.1. The summed E-state index contributed by atoms with van der Waals surface area (Å²) in [6.45, 7) is 5.29. The Morgan fingerprint density at radius 3 is 2.33 bits per heavy atom. The van der Waals surface area contributed by atoms with Crippen molar-refractivity contribution in [3.63, 3.8) is 0 Å². The van der Waals surface area contributed by atoms with E-state index in [1.807, 2.05) is 25.1 Å². The zero-order valence-electron chi connectivity index (χ0n) is 12.6. The Bertz CT molecular complexity index is 655. The Kier molecular flexibility index (Phi) is 4.46. The monoisotopic (exact) mass is 291 g/mol. The fraction of sp³-hybridized carbons (Fsp3) is 0.294. The molecule has 1 atom stereocenters. The predicted molar refractivity (Wildman–Crippen MR) is 80.9 cm³/mol. The highest BCUT2D eigenvalue weighted by atomic mass is 19.1. The lowest BCUT2D eigenvalue weighted by Gasteiger charge is -2.19. The first-order chi connectivity index (χ1) is 9.92. The van der Waals surface area contributed by atoms with E-state index < -0.39 is 11.6 Å². The maximum Gasteiger partial charge on any atom is 0.128 e. The molecule has 0 saturated heterocycles. The highest BCUT2D eigenvalue weighted by molar-refractivity contribution is 5.55. The predicted octanol–water partition coefficient (Wildman–Crippen LogP) is 4.76. The number of hydrogen-bond acceptors (Lipinski definition) is 2. The third kappa shape index (κ3) is 3.32. The van der Waals surface area contributed by atoms with Gasteiger partial charge in [0.15, 0.2) is 0 Å². The first kappa shape index (κ1) is 15.3. The Hall–Kier alpha value is -2.10. The van der Waals surface area contributed by atoms with Crippen LogP contribution in [0.4, 0.5) is 14.5 Å². The largest absolute Gasteiger partial charge is 0.497 e. The molecule has 0 aliphatic heterocycles. The van der Waals surface area contributed by atoms with Gasteiger partial charge in [-0.25, -0.2) is 8.78 Å². The second-order valence-electron chi connectivity index (χ2n) is 5.17. The van der Waals surface area contributed by atoms with Crippen molar-refractivity contribution in [3.8, 4) is 5.75 Å². The molecule has 0 saturated carbocycles. The Labute approximate surface area is 123 Å². The minimum atomic E-state index is -0.403. The molecule has 0 spiro atoms. The Balaban J connectivity index is 2.26. The summed E-state index contributed by atoms with van der Waals surface area (Å²) in [6.07, 6.45) is 0. The number of aryl methyl sites for hydroxylation is 2. The summed E-state index contributed by atoms with van der Waals surface area (Å²) in [5.74, 6) is -0.0372. The van der Waals surface area contributed by atoms with Crippen LogP contribution in [-0.4, -0.2) is 7.11 Å². The second-order valence-corrected chi connectivity index (χ2v) is 5.17. The smallest absolute Gasteiger partial charge is 0.128 e. The van der Waals surface area contributed by atoms with Crippen molar-refractivity contribution in [1.29, 1.82) is 0 Å². The lowest BCUT2D eigenvalue weighted by molar-refractivity contribution is 0.414. The van der Waals surface area contributed by atoms with E-state index >= 15 is 0 Å². The molecule has 0 bridgehead atoms. The molecule has 0 aromatic heterocycles. The van der Waals surface area contributed by atoms with Gasteiger partial charge >= 0.3 is 0 Å². The van der Waals surface area contributed by atoms with E-state index in [1.165, 1.54) is 12.1 Å². The molecule has 2 aromatic rings. The van der Waals surface area contributed by atoms with Crippen molar-refractivity contribution in [2.45, 2.75) is 26.8 Å². The minimum absolute atomic E-state index is 0.309. The molecule has 0 amide bonds.